The van der Waals surface area contributed by atoms with E-state index in [9.17, 15) is 9.59 Å². The zero-order chi connectivity index (χ0) is 26.2. The Bertz CT molecular complexity index is 1480. The van der Waals surface area contributed by atoms with Crippen LogP contribution in [0.25, 0.3) is 11.0 Å². The van der Waals surface area contributed by atoms with E-state index in [1.807, 2.05) is 97.3 Å². The summed E-state index contributed by atoms with van der Waals surface area (Å²) < 4.78 is 13.3. The summed E-state index contributed by atoms with van der Waals surface area (Å²) in [6.07, 6.45) is 0.462. The van der Waals surface area contributed by atoms with Crippen LogP contribution in [-0.4, -0.2) is 39.5 Å². The molecule has 1 fully saturated rings. The van der Waals surface area contributed by atoms with Crippen LogP contribution in [-0.2, 0) is 24.9 Å². The van der Waals surface area contributed by atoms with Gasteiger partial charge >= 0.3 is 0 Å². The van der Waals surface area contributed by atoms with E-state index in [2.05, 4.69) is 5.32 Å². The van der Waals surface area contributed by atoms with Gasteiger partial charge in [0.05, 0.1) is 11.0 Å². The molecule has 190 valence electrons. The third-order valence-corrected chi connectivity index (χ3v) is 7.43. The van der Waals surface area contributed by atoms with Gasteiger partial charge in [0.1, 0.15) is 34.4 Å². The van der Waals surface area contributed by atoms with Gasteiger partial charge in [-0.2, -0.15) is 0 Å². The number of fused-ring (bicyclic) bond motifs is 1. The number of imidazole rings is 1. The lowest BCUT2D eigenvalue weighted by Crippen LogP contribution is -2.35. The number of ether oxygens (including phenoxy) is 2. The topological polar surface area (TPSA) is 85.7 Å². The molecule has 1 aliphatic rings. The molecule has 1 atom stereocenters. The highest BCUT2D eigenvalue weighted by Gasteiger charge is 2.43. The molecule has 8 nitrogen and oxygen atoms in total. The van der Waals surface area contributed by atoms with E-state index in [-0.39, 0.29) is 11.1 Å². The van der Waals surface area contributed by atoms with Gasteiger partial charge < -0.3 is 18.9 Å². The number of carbonyl (C=O) groups is 2. The van der Waals surface area contributed by atoms with Gasteiger partial charge in [0.2, 0.25) is 5.91 Å². The van der Waals surface area contributed by atoms with Crippen LogP contribution in [0.5, 0.6) is 17.2 Å². The number of amides is 2. The number of hydrogen-bond acceptors (Lipinski definition) is 7. The summed E-state index contributed by atoms with van der Waals surface area (Å²) in [6.45, 7) is 2.08. The Morgan fingerprint density at radius 2 is 1.73 bits per heavy atom. The Morgan fingerprint density at radius 3 is 2.43 bits per heavy atom. The molecule has 4 aromatic rings. The second kappa shape index (κ2) is 9.82. The van der Waals surface area contributed by atoms with E-state index in [1.165, 1.54) is 0 Å². The molecule has 1 saturated heterocycles. The summed E-state index contributed by atoms with van der Waals surface area (Å²) in [4.78, 5) is 30.4. The fourth-order valence-electron chi connectivity index (χ4n) is 4.23. The molecular formula is C28H28N4O4S. The Hall–Kier alpha value is -3.98. The van der Waals surface area contributed by atoms with Crippen molar-refractivity contribution in [2.24, 2.45) is 7.05 Å². The number of nitrogens with one attached hydrogen (secondary N) is 1. The number of nitrogens with zero attached hydrogens (tertiary/aromatic N) is 3. The fourth-order valence-corrected chi connectivity index (χ4v) is 5.17. The Balaban J connectivity index is 1.25. The number of imide groups is 1. The van der Waals surface area contributed by atoms with Gasteiger partial charge in [-0.05, 0) is 67.1 Å². The number of rotatable bonds is 8. The summed E-state index contributed by atoms with van der Waals surface area (Å²) in [5.41, 5.74) is 3.84. The number of hydrogen-bond donors (Lipinski definition) is 1. The van der Waals surface area contributed by atoms with Crippen LogP contribution in [0, 0.1) is 0 Å². The first-order valence-electron chi connectivity index (χ1n) is 11.9. The summed E-state index contributed by atoms with van der Waals surface area (Å²) in [5, 5.41) is 2.06. The molecule has 0 saturated carbocycles. The summed E-state index contributed by atoms with van der Waals surface area (Å²) in [6, 6.07) is 21.4. The van der Waals surface area contributed by atoms with Crippen molar-refractivity contribution < 1.29 is 19.1 Å². The van der Waals surface area contributed by atoms with E-state index in [0.29, 0.717) is 18.8 Å². The van der Waals surface area contributed by atoms with Gasteiger partial charge in [-0.3, -0.25) is 14.9 Å². The monoisotopic (exact) mass is 516 g/mol. The molecule has 3 aromatic carbocycles. The molecule has 1 unspecified atom stereocenters. The smallest absolute Gasteiger partial charge is 0.286 e. The normalized spacial score (nSPS) is 17.2. The van der Waals surface area contributed by atoms with Gasteiger partial charge in [0.15, 0.2) is 0 Å². The zero-order valence-corrected chi connectivity index (χ0v) is 22.0. The minimum atomic E-state index is -0.787. The predicted octanol–water partition coefficient (Wildman–Crippen LogP) is 5.29. The molecule has 37 heavy (non-hydrogen) atoms. The summed E-state index contributed by atoms with van der Waals surface area (Å²) in [5.74, 6) is 2.74. The third kappa shape index (κ3) is 5.27. The molecule has 2 amide bonds. The maximum atomic E-state index is 12.1. The van der Waals surface area contributed by atoms with Crippen LogP contribution in [0.15, 0.2) is 66.7 Å². The maximum absolute atomic E-state index is 12.1. The van der Waals surface area contributed by atoms with Crippen molar-refractivity contribution in [3.63, 3.8) is 0 Å². The van der Waals surface area contributed by atoms with Crippen LogP contribution in [0.1, 0.15) is 18.3 Å². The highest BCUT2D eigenvalue weighted by Crippen LogP contribution is 2.35. The Labute approximate surface area is 219 Å². The molecule has 1 aromatic heterocycles. The molecular weight excluding hydrogens is 488 g/mol. The van der Waals surface area contributed by atoms with Gasteiger partial charge in [-0.1, -0.05) is 18.2 Å². The van der Waals surface area contributed by atoms with Crippen LogP contribution in [0.3, 0.4) is 0 Å². The minimum absolute atomic E-state index is 0.250. The van der Waals surface area contributed by atoms with Crippen LogP contribution in [0.2, 0.25) is 0 Å². The first-order valence-corrected chi connectivity index (χ1v) is 12.7. The molecule has 0 aliphatic carbocycles. The number of benzene rings is 3. The first-order chi connectivity index (χ1) is 17.7. The Kier molecular flexibility index (Phi) is 6.55. The van der Waals surface area contributed by atoms with Gasteiger partial charge in [0, 0.05) is 39.0 Å². The summed E-state index contributed by atoms with van der Waals surface area (Å²) >= 11 is 1.04. The van der Waals surface area contributed by atoms with Crippen LogP contribution >= 0.6 is 11.8 Å². The van der Waals surface area contributed by atoms with Crippen molar-refractivity contribution in [3.8, 4) is 17.2 Å². The van der Waals surface area contributed by atoms with Crippen LogP contribution in [0.4, 0.5) is 10.5 Å². The predicted molar refractivity (Wildman–Crippen MR) is 146 cm³/mol. The number of anilines is 1. The zero-order valence-electron chi connectivity index (χ0n) is 21.1. The third-order valence-electron chi connectivity index (χ3n) is 6.36. The molecule has 5 rings (SSSR count). The van der Waals surface area contributed by atoms with Crippen molar-refractivity contribution in [1.29, 1.82) is 0 Å². The second-order valence-electron chi connectivity index (χ2n) is 9.42. The first kappa shape index (κ1) is 24.7. The lowest BCUT2D eigenvalue weighted by Gasteiger charge is -2.18. The van der Waals surface area contributed by atoms with Gasteiger partial charge in [-0.25, -0.2) is 4.98 Å². The van der Waals surface area contributed by atoms with Gasteiger partial charge in [-0.15, -0.1) is 0 Å². The summed E-state index contributed by atoms with van der Waals surface area (Å²) in [7, 11) is 5.95. The lowest BCUT2D eigenvalue weighted by molar-refractivity contribution is -0.121. The lowest BCUT2D eigenvalue weighted by atomic mass is 9.99. The van der Waals surface area contributed by atoms with E-state index >= 15 is 0 Å². The molecule has 1 N–H and O–H groups in total. The Morgan fingerprint density at radius 1 is 1.00 bits per heavy atom. The van der Waals surface area contributed by atoms with Crippen molar-refractivity contribution in [3.05, 3.63) is 78.1 Å². The van der Waals surface area contributed by atoms with Crippen LogP contribution < -0.4 is 19.7 Å². The van der Waals surface area contributed by atoms with Crippen molar-refractivity contribution in [2.45, 2.75) is 24.7 Å². The number of thioether (sulfide) groups is 1. The minimum Gasteiger partial charge on any atom is -0.486 e. The standard InChI is InChI=1S/C28H28N4O4S/c1-28(26(33)30-27(34)37-28)16-18-8-10-20(11-9-18)35-17-25-29-23-13-12-22(15-24(23)32(25)4)36-21-7-5-6-19(14-21)31(2)3/h5-15H,16-17H2,1-4H3,(H,30,33,34). The molecule has 0 spiro atoms. The molecule has 1 aliphatic heterocycles. The van der Waals surface area contributed by atoms with E-state index < -0.39 is 4.75 Å². The van der Waals surface area contributed by atoms with E-state index in [4.69, 9.17) is 14.5 Å². The van der Waals surface area contributed by atoms with Gasteiger partial charge in [0.25, 0.3) is 5.24 Å². The molecule has 0 bridgehead atoms. The SMILES string of the molecule is CN(C)c1cccc(Oc2ccc3nc(COc4ccc(CC5(C)SC(=O)NC5=O)cc4)n(C)c3c2)c1. The number of carbonyl (C=O) groups excluding carboxylic acids is 2. The molecule has 9 heteroatoms. The largest absolute Gasteiger partial charge is 0.486 e. The quantitative estimate of drug-likeness (QED) is 0.340. The average molecular weight is 517 g/mol. The van der Waals surface area contributed by atoms with Crippen molar-refractivity contribution >= 4 is 39.6 Å². The van der Waals surface area contributed by atoms with Crippen molar-refractivity contribution in [1.82, 2.24) is 14.9 Å². The van der Waals surface area contributed by atoms with Crippen molar-refractivity contribution in [2.75, 3.05) is 19.0 Å². The highest BCUT2D eigenvalue weighted by molar-refractivity contribution is 8.16. The van der Waals surface area contributed by atoms with E-state index in [0.717, 1.165) is 51.4 Å². The number of aryl methyl sites for hydroxylation is 1. The average Bonchev–Trinajstić information content (AvgIpc) is 3.32. The highest BCUT2D eigenvalue weighted by atomic mass is 32.2. The molecule has 2 heterocycles. The maximum Gasteiger partial charge on any atom is 0.286 e. The molecule has 0 radical (unpaired) electrons. The number of aromatic nitrogens is 2. The second-order valence-corrected chi connectivity index (χ2v) is 10.9. The van der Waals surface area contributed by atoms with E-state index in [1.54, 1.807) is 6.92 Å². The fraction of sp³-hybridized carbons (Fsp3) is 0.250.